The maximum atomic E-state index is 11.5. The van der Waals surface area contributed by atoms with Crippen molar-refractivity contribution in [3.63, 3.8) is 0 Å². The average molecular weight is 292 g/mol. The van der Waals surface area contributed by atoms with Crippen LogP contribution in [0, 0.1) is 0 Å². The molecule has 21 heavy (non-hydrogen) atoms. The van der Waals surface area contributed by atoms with Crippen LogP contribution in [0.25, 0.3) is 0 Å². The molecule has 0 spiro atoms. The minimum atomic E-state index is -0.704. The smallest absolute Gasteiger partial charge is 0.342 e. The molecule has 0 fully saturated rings. The predicted octanol–water partition coefficient (Wildman–Crippen LogP) is -0.885. The molecule has 0 aromatic carbocycles. The molecule has 0 aliphatic heterocycles. The van der Waals surface area contributed by atoms with Crippen LogP contribution in [0.4, 0.5) is 5.82 Å². The van der Waals surface area contributed by atoms with Crippen LogP contribution in [0.5, 0.6) is 0 Å². The van der Waals surface area contributed by atoms with E-state index in [1.165, 1.54) is 5.57 Å². The summed E-state index contributed by atoms with van der Waals surface area (Å²) in [6, 6.07) is 0. The summed E-state index contributed by atoms with van der Waals surface area (Å²) < 4.78 is 0. The van der Waals surface area contributed by atoms with Crippen LogP contribution >= 0.6 is 0 Å². The minimum absolute atomic E-state index is 0.125. The van der Waals surface area contributed by atoms with E-state index in [2.05, 4.69) is 38.5 Å². The fourth-order valence-corrected chi connectivity index (χ4v) is 1.75. The second kappa shape index (κ2) is 7.08. The van der Waals surface area contributed by atoms with Crippen molar-refractivity contribution in [2.75, 3.05) is 11.9 Å². The summed E-state index contributed by atoms with van der Waals surface area (Å²) in [5.74, 6) is -0.494. The number of allylic oxidation sites excluding steroid dienone is 3. The fraction of sp³-hybridized carbons (Fsp3) is 0.333. The molecule has 0 saturated carbocycles. The third-order valence-corrected chi connectivity index (χ3v) is 2.79. The number of H-pyrrole nitrogens is 2. The zero-order valence-electron chi connectivity index (χ0n) is 11.2. The van der Waals surface area contributed by atoms with Crippen LogP contribution < -0.4 is 27.4 Å². The Labute approximate surface area is 119 Å². The highest BCUT2D eigenvalue weighted by molar-refractivity contribution is 5.79. The number of anilines is 1. The Hall–Kier alpha value is -2.84. The van der Waals surface area contributed by atoms with Gasteiger partial charge in [-0.3, -0.25) is 20.0 Å². The van der Waals surface area contributed by atoms with Gasteiger partial charge in [0.2, 0.25) is 5.82 Å². The Kier molecular flexibility index (Phi) is 4.91. The van der Waals surface area contributed by atoms with Crippen molar-refractivity contribution in [2.45, 2.75) is 19.3 Å². The number of nitrogens with zero attached hydrogens (tertiary/aromatic N) is 1. The Morgan fingerprint density at radius 2 is 2.24 bits per heavy atom. The Morgan fingerprint density at radius 1 is 1.38 bits per heavy atom. The molecular formula is C12H16N6O3. The van der Waals surface area contributed by atoms with Crippen LogP contribution in [-0.2, 0) is 4.79 Å². The SMILES string of the molecule is O=C(CNc1n[nH]c(=O)[nH]c1=O)NN/C=C1\CC=CCC1. The first-order chi connectivity index (χ1) is 10.1. The van der Waals surface area contributed by atoms with Gasteiger partial charge in [0.25, 0.3) is 11.5 Å². The Bertz CT molecular complexity index is 672. The predicted molar refractivity (Wildman–Crippen MR) is 76.3 cm³/mol. The largest absolute Gasteiger partial charge is 0.355 e. The van der Waals surface area contributed by atoms with Crippen molar-refractivity contribution in [1.29, 1.82) is 0 Å². The molecule has 1 aromatic rings. The normalized spacial score (nSPS) is 15.7. The van der Waals surface area contributed by atoms with Gasteiger partial charge >= 0.3 is 5.69 Å². The van der Waals surface area contributed by atoms with Gasteiger partial charge in [0.1, 0.15) is 0 Å². The van der Waals surface area contributed by atoms with Crippen molar-refractivity contribution < 1.29 is 4.79 Å². The molecule has 1 aromatic heterocycles. The Balaban J connectivity index is 1.76. The lowest BCUT2D eigenvalue weighted by Crippen LogP contribution is -2.39. The second-order valence-corrected chi connectivity index (χ2v) is 4.42. The third kappa shape index (κ3) is 4.64. The zero-order valence-corrected chi connectivity index (χ0v) is 11.2. The van der Waals surface area contributed by atoms with Gasteiger partial charge in [0.15, 0.2) is 0 Å². The molecule has 1 aliphatic carbocycles. The highest BCUT2D eigenvalue weighted by Crippen LogP contribution is 2.15. The van der Waals surface area contributed by atoms with Crippen LogP contribution in [0.1, 0.15) is 19.3 Å². The van der Waals surface area contributed by atoms with Crippen molar-refractivity contribution in [2.24, 2.45) is 0 Å². The molecule has 9 nitrogen and oxygen atoms in total. The number of carbonyl (C=O) groups is 1. The quantitative estimate of drug-likeness (QED) is 0.353. The number of aromatic nitrogens is 3. The van der Waals surface area contributed by atoms with Crippen LogP contribution in [0.2, 0.25) is 0 Å². The fourth-order valence-electron chi connectivity index (χ4n) is 1.75. The maximum Gasteiger partial charge on any atom is 0.342 e. The summed E-state index contributed by atoms with van der Waals surface area (Å²) in [6.07, 6.45) is 8.80. The number of amides is 1. The van der Waals surface area contributed by atoms with Gasteiger partial charge in [-0.2, -0.15) is 0 Å². The molecule has 0 saturated heterocycles. The molecule has 9 heteroatoms. The monoisotopic (exact) mass is 292 g/mol. The first-order valence-electron chi connectivity index (χ1n) is 6.45. The van der Waals surface area contributed by atoms with E-state index >= 15 is 0 Å². The Morgan fingerprint density at radius 3 is 2.95 bits per heavy atom. The summed E-state index contributed by atoms with van der Waals surface area (Å²) >= 11 is 0. The van der Waals surface area contributed by atoms with Gasteiger partial charge in [-0.25, -0.2) is 9.89 Å². The topological polar surface area (TPSA) is 132 Å². The van der Waals surface area contributed by atoms with E-state index in [-0.39, 0.29) is 18.3 Å². The van der Waals surface area contributed by atoms with Gasteiger partial charge in [-0.15, -0.1) is 5.10 Å². The summed E-state index contributed by atoms with van der Waals surface area (Å²) in [5.41, 5.74) is 4.99. The second-order valence-electron chi connectivity index (χ2n) is 4.42. The van der Waals surface area contributed by atoms with E-state index < -0.39 is 11.2 Å². The molecule has 0 atom stereocenters. The first kappa shape index (κ1) is 14.6. The van der Waals surface area contributed by atoms with E-state index in [1.54, 1.807) is 6.20 Å². The van der Waals surface area contributed by atoms with E-state index in [0.29, 0.717) is 0 Å². The number of hydrogen-bond donors (Lipinski definition) is 5. The highest BCUT2D eigenvalue weighted by atomic mass is 16.2. The molecule has 0 unspecified atom stereocenters. The average Bonchev–Trinajstić information content (AvgIpc) is 2.47. The third-order valence-electron chi connectivity index (χ3n) is 2.79. The van der Waals surface area contributed by atoms with E-state index in [9.17, 15) is 14.4 Å². The molecule has 1 aliphatic rings. The summed E-state index contributed by atoms with van der Waals surface area (Å²) in [7, 11) is 0. The standard InChI is InChI=1S/C12H16N6O3/c19-9(16-14-6-8-4-2-1-3-5-8)7-13-10-11(20)15-12(21)18-17-10/h1-2,6,14H,3-5,7H2,(H,13,17)(H,16,19)(H2,15,18,20,21)/b8-6+. The number of rotatable bonds is 5. The summed E-state index contributed by atoms with van der Waals surface area (Å²) in [4.78, 5) is 35.6. The molecular weight excluding hydrogens is 276 g/mol. The lowest BCUT2D eigenvalue weighted by atomic mass is 10.0. The summed E-state index contributed by atoms with van der Waals surface area (Å²) in [6.45, 7) is -0.155. The van der Waals surface area contributed by atoms with E-state index in [4.69, 9.17) is 0 Å². The van der Waals surface area contributed by atoms with Crippen LogP contribution in [-0.4, -0.2) is 27.6 Å². The molecule has 5 N–H and O–H groups in total. The lowest BCUT2D eigenvalue weighted by molar-refractivity contribution is -0.120. The number of carbonyl (C=O) groups excluding carboxylic acids is 1. The molecule has 0 bridgehead atoms. The molecule has 1 heterocycles. The number of aromatic amines is 2. The number of hydrazine groups is 1. The van der Waals surface area contributed by atoms with E-state index in [0.717, 1.165) is 19.3 Å². The molecule has 112 valence electrons. The molecule has 1 amide bonds. The van der Waals surface area contributed by atoms with Gasteiger partial charge in [0.05, 0.1) is 6.54 Å². The van der Waals surface area contributed by atoms with Crippen molar-refractivity contribution in [1.82, 2.24) is 26.0 Å². The van der Waals surface area contributed by atoms with Crippen LogP contribution in [0.15, 0.2) is 33.5 Å². The molecule has 2 rings (SSSR count). The first-order valence-corrected chi connectivity index (χ1v) is 6.45. The maximum absolute atomic E-state index is 11.5. The van der Waals surface area contributed by atoms with Crippen molar-refractivity contribution in [3.8, 4) is 0 Å². The highest BCUT2D eigenvalue weighted by Gasteiger charge is 2.05. The van der Waals surface area contributed by atoms with Gasteiger partial charge < -0.3 is 10.7 Å². The number of hydrogen-bond acceptors (Lipinski definition) is 6. The van der Waals surface area contributed by atoms with Gasteiger partial charge in [-0.05, 0) is 24.8 Å². The molecule has 0 radical (unpaired) electrons. The van der Waals surface area contributed by atoms with Gasteiger partial charge in [0, 0.05) is 6.20 Å². The van der Waals surface area contributed by atoms with Gasteiger partial charge in [-0.1, -0.05) is 12.2 Å². The van der Waals surface area contributed by atoms with Crippen LogP contribution in [0.3, 0.4) is 0 Å². The van der Waals surface area contributed by atoms with Crippen molar-refractivity contribution >= 4 is 11.7 Å². The zero-order chi connectivity index (χ0) is 15.1. The number of nitrogens with one attached hydrogen (secondary N) is 5. The van der Waals surface area contributed by atoms with E-state index in [1.807, 2.05) is 4.98 Å². The lowest BCUT2D eigenvalue weighted by Gasteiger charge is -2.10. The summed E-state index contributed by atoms with van der Waals surface area (Å²) in [5, 5.41) is 8.07. The van der Waals surface area contributed by atoms with Crippen molar-refractivity contribution in [3.05, 3.63) is 44.8 Å². The minimum Gasteiger partial charge on any atom is -0.355 e.